The lowest BCUT2D eigenvalue weighted by Crippen LogP contribution is -2.35. The monoisotopic (exact) mass is 662 g/mol. The molecule has 0 saturated carbocycles. The summed E-state index contributed by atoms with van der Waals surface area (Å²) in [6.45, 7) is 5.23. The summed E-state index contributed by atoms with van der Waals surface area (Å²) in [5.74, 6) is 2.39. The van der Waals surface area contributed by atoms with Gasteiger partial charge in [0.25, 0.3) is 5.91 Å². The number of para-hydroxylation sites is 1. The number of hydrazone groups is 1. The number of carbonyl (C=O) groups is 1. The molecule has 3 aromatic carbocycles. The number of nitrogens with one attached hydrogen (secondary N) is 1. The van der Waals surface area contributed by atoms with Gasteiger partial charge in [0.05, 0.1) is 17.2 Å². The summed E-state index contributed by atoms with van der Waals surface area (Å²) in [6, 6.07) is 21.0. The Kier molecular flexibility index (Phi) is 9.83. The Morgan fingerprint density at radius 3 is 2.47 bits per heavy atom. The average molecular weight is 664 g/mol. The lowest BCUT2D eigenvalue weighted by Gasteiger charge is -2.20. The number of hydrogen-bond acceptors (Lipinski definition) is 8. The summed E-state index contributed by atoms with van der Waals surface area (Å²) in [4.78, 5) is 17.1. The lowest BCUT2D eigenvalue weighted by atomic mass is 9.99. The first-order valence-electron chi connectivity index (χ1n) is 13.8. The van der Waals surface area contributed by atoms with Crippen LogP contribution in [0.5, 0.6) is 23.0 Å². The molecule has 0 radical (unpaired) electrons. The first kappa shape index (κ1) is 30.4. The number of fused-ring (bicyclic) bond motifs is 1. The maximum Gasteiger partial charge on any atom is 0.283 e. The van der Waals surface area contributed by atoms with E-state index in [-0.39, 0.29) is 18.0 Å². The van der Waals surface area contributed by atoms with Crippen LogP contribution in [-0.2, 0) is 4.79 Å². The standard InChI is InChI=1S/C32H31BrN4O5S/c1-4-20(2)22-10-12-24(13-11-22)40-14-15-41-29-26(33)17-21(18-27(29)39-3)16-25-30(34)37-32(35-31(25)38)43-28(36-37)19-42-23-8-6-5-7-9-23/h5-13,16-18,20,34H,4,14-15,19H2,1-3H3/b25-16-,34-30?. The van der Waals surface area contributed by atoms with E-state index in [4.69, 9.17) is 24.4 Å². The third kappa shape index (κ3) is 7.29. The predicted octanol–water partition coefficient (Wildman–Crippen LogP) is 7.13. The number of nitrogens with zero attached hydrogens (tertiary/aromatic N) is 3. The lowest BCUT2D eigenvalue weighted by molar-refractivity contribution is -0.114. The molecule has 1 atom stereocenters. The van der Waals surface area contributed by atoms with E-state index in [0.29, 0.717) is 56.6 Å². The van der Waals surface area contributed by atoms with Gasteiger partial charge in [-0.05, 0) is 93.6 Å². The normalized spacial score (nSPS) is 16.0. The molecule has 2 aliphatic rings. The average Bonchev–Trinajstić information content (AvgIpc) is 3.44. The number of halogens is 1. The van der Waals surface area contributed by atoms with Crippen molar-refractivity contribution >= 4 is 55.7 Å². The van der Waals surface area contributed by atoms with Crippen LogP contribution >= 0.6 is 27.7 Å². The van der Waals surface area contributed by atoms with Gasteiger partial charge in [0.1, 0.15) is 36.4 Å². The molecule has 0 spiro atoms. The first-order valence-corrected chi connectivity index (χ1v) is 15.4. The minimum absolute atomic E-state index is 0.0676. The Morgan fingerprint density at radius 1 is 1.02 bits per heavy atom. The molecule has 0 aromatic heterocycles. The Morgan fingerprint density at radius 2 is 1.74 bits per heavy atom. The van der Waals surface area contributed by atoms with Crippen LogP contribution in [0, 0.1) is 5.41 Å². The molecular formula is C32H31BrN4O5S. The van der Waals surface area contributed by atoms with Crippen molar-refractivity contribution < 1.29 is 23.7 Å². The van der Waals surface area contributed by atoms with Crippen molar-refractivity contribution in [2.45, 2.75) is 26.2 Å². The molecule has 43 heavy (non-hydrogen) atoms. The van der Waals surface area contributed by atoms with Crippen molar-refractivity contribution in [2.24, 2.45) is 10.1 Å². The van der Waals surface area contributed by atoms with E-state index in [1.165, 1.54) is 22.3 Å². The first-order chi connectivity index (χ1) is 20.9. The van der Waals surface area contributed by atoms with Crippen LogP contribution in [0.25, 0.3) is 6.08 Å². The van der Waals surface area contributed by atoms with Gasteiger partial charge in [-0.1, -0.05) is 44.2 Å². The molecule has 9 nitrogen and oxygen atoms in total. The van der Waals surface area contributed by atoms with E-state index in [1.54, 1.807) is 25.3 Å². The van der Waals surface area contributed by atoms with Gasteiger partial charge in [0, 0.05) is 0 Å². The molecule has 0 saturated heterocycles. The zero-order valence-corrected chi connectivity index (χ0v) is 26.4. The van der Waals surface area contributed by atoms with E-state index < -0.39 is 5.91 Å². The van der Waals surface area contributed by atoms with Gasteiger partial charge in [-0.2, -0.15) is 15.1 Å². The van der Waals surface area contributed by atoms with Crippen molar-refractivity contribution in [3.05, 3.63) is 87.9 Å². The fourth-order valence-electron chi connectivity index (χ4n) is 4.31. The molecule has 1 N–H and O–H groups in total. The van der Waals surface area contributed by atoms with E-state index in [0.717, 1.165) is 12.2 Å². The minimum Gasteiger partial charge on any atom is -0.493 e. The Hall–Kier alpha value is -4.09. The SMILES string of the molecule is CCC(C)c1ccc(OCCOc2c(Br)cc(/C=C3/C(=N)N4N=C(COc5ccccc5)SC4=NC3=O)cc2OC)cc1. The minimum atomic E-state index is -0.520. The molecule has 2 aliphatic heterocycles. The molecule has 222 valence electrons. The van der Waals surface area contributed by atoms with Gasteiger partial charge in [-0.15, -0.1) is 0 Å². The number of amidine groups is 2. The number of amides is 1. The summed E-state index contributed by atoms with van der Waals surface area (Å²) < 4.78 is 23.8. The van der Waals surface area contributed by atoms with Crippen LogP contribution in [0.3, 0.4) is 0 Å². The van der Waals surface area contributed by atoms with Crippen LogP contribution in [0.15, 0.2) is 86.9 Å². The Balaban J connectivity index is 1.23. The second kappa shape index (κ2) is 13.9. The van der Waals surface area contributed by atoms with Crippen molar-refractivity contribution in [3.8, 4) is 23.0 Å². The van der Waals surface area contributed by atoms with Crippen LogP contribution in [-0.4, -0.2) is 53.9 Å². The van der Waals surface area contributed by atoms with E-state index in [9.17, 15) is 4.79 Å². The molecule has 3 aromatic rings. The van der Waals surface area contributed by atoms with E-state index in [1.807, 2.05) is 42.5 Å². The number of aliphatic imine (C=N–C) groups is 1. The van der Waals surface area contributed by atoms with E-state index >= 15 is 0 Å². The smallest absolute Gasteiger partial charge is 0.283 e. The third-order valence-corrected chi connectivity index (χ3v) is 8.30. The zero-order chi connectivity index (χ0) is 30.3. The molecule has 1 unspecified atom stereocenters. The van der Waals surface area contributed by atoms with Gasteiger partial charge >= 0.3 is 0 Å². The predicted molar refractivity (Wildman–Crippen MR) is 174 cm³/mol. The second-order valence-electron chi connectivity index (χ2n) is 9.72. The summed E-state index contributed by atoms with van der Waals surface area (Å²) in [5.41, 5.74) is 2.02. The van der Waals surface area contributed by atoms with E-state index in [2.05, 4.69) is 52.0 Å². The zero-order valence-electron chi connectivity index (χ0n) is 24.0. The van der Waals surface area contributed by atoms with Crippen LogP contribution in [0.2, 0.25) is 0 Å². The van der Waals surface area contributed by atoms with Crippen LogP contribution in [0.4, 0.5) is 0 Å². The van der Waals surface area contributed by atoms with Gasteiger partial charge in [-0.3, -0.25) is 10.2 Å². The van der Waals surface area contributed by atoms with Gasteiger partial charge < -0.3 is 18.9 Å². The molecule has 2 heterocycles. The maximum atomic E-state index is 12.9. The Bertz CT molecular complexity index is 1590. The van der Waals surface area contributed by atoms with Crippen molar-refractivity contribution in [3.63, 3.8) is 0 Å². The molecular weight excluding hydrogens is 632 g/mol. The fraction of sp³-hybridized carbons (Fsp3) is 0.250. The highest BCUT2D eigenvalue weighted by molar-refractivity contribution is 9.10. The third-order valence-electron chi connectivity index (χ3n) is 6.82. The molecule has 11 heteroatoms. The topological polar surface area (TPSA) is 106 Å². The number of hydrogen-bond donors (Lipinski definition) is 1. The van der Waals surface area contributed by atoms with Gasteiger partial charge in [0.2, 0.25) is 5.17 Å². The summed E-state index contributed by atoms with van der Waals surface area (Å²) in [6.07, 6.45) is 2.68. The molecule has 0 bridgehead atoms. The second-order valence-corrected chi connectivity index (χ2v) is 11.6. The molecule has 5 rings (SSSR count). The number of methoxy groups -OCH3 is 1. The van der Waals surface area contributed by atoms with Crippen LogP contribution in [0.1, 0.15) is 37.3 Å². The highest BCUT2D eigenvalue weighted by Crippen LogP contribution is 2.38. The van der Waals surface area contributed by atoms with Crippen molar-refractivity contribution in [2.75, 3.05) is 26.9 Å². The molecule has 1 amide bonds. The highest BCUT2D eigenvalue weighted by Gasteiger charge is 2.36. The van der Waals surface area contributed by atoms with Crippen molar-refractivity contribution in [1.29, 1.82) is 5.41 Å². The largest absolute Gasteiger partial charge is 0.493 e. The van der Waals surface area contributed by atoms with Crippen LogP contribution < -0.4 is 18.9 Å². The highest BCUT2D eigenvalue weighted by atomic mass is 79.9. The number of carbonyl (C=O) groups excluding carboxylic acids is 1. The summed E-state index contributed by atoms with van der Waals surface area (Å²) in [7, 11) is 1.54. The van der Waals surface area contributed by atoms with Crippen molar-refractivity contribution in [1.82, 2.24) is 5.01 Å². The maximum absolute atomic E-state index is 12.9. The molecule has 0 fully saturated rings. The fourth-order valence-corrected chi connectivity index (χ4v) is 5.69. The van der Waals surface area contributed by atoms with Gasteiger partial charge in [-0.25, -0.2) is 0 Å². The number of ether oxygens (including phenoxy) is 4. The summed E-state index contributed by atoms with van der Waals surface area (Å²) in [5, 5.41) is 15.4. The number of rotatable bonds is 12. The quantitative estimate of drug-likeness (QED) is 0.162. The van der Waals surface area contributed by atoms with Gasteiger partial charge in [0.15, 0.2) is 17.3 Å². The Labute approximate surface area is 263 Å². The number of thioether (sulfide) groups is 1. The molecule has 0 aliphatic carbocycles. The summed E-state index contributed by atoms with van der Waals surface area (Å²) >= 11 is 4.77. The number of benzene rings is 3.